The van der Waals surface area contributed by atoms with Crippen LogP contribution in [0, 0.1) is 0 Å². The number of hydrogen-bond acceptors (Lipinski definition) is 4. The molecule has 5 nitrogen and oxygen atoms in total. The summed E-state index contributed by atoms with van der Waals surface area (Å²) in [6.07, 6.45) is 5.77. The molecule has 0 bridgehead atoms. The minimum absolute atomic E-state index is 0.111. The molecule has 0 spiro atoms. The number of benzene rings is 1. The van der Waals surface area contributed by atoms with Crippen LogP contribution in [0.3, 0.4) is 0 Å². The normalized spacial score (nSPS) is 13.5. The lowest BCUT2D eigenvalue weighted by Crippen LogP contribution is -2.35. The molecule has 0 unspecified atom stereocenters. The monoisotopic (exact) mass is 390 g/mol. The summed E-state index contributed by atoms with van der Waals surface area (Å²) in [5, 5.41) is 4.65. The van der Waals surface area contributed by atoms with E-state index in [-0.39, 0.29) is 5.56 Å². The standard InChI is InChI=1S/C17H15ClN4OS2/c18-10-4-3-5-11(8-10)20-17(24)21-22-9-19-15-14(16(22)23)12-6-1-2-7-13(12)25-15/h3-5,8-9H,1-2,6-7H2,(H2,20,21,24). The predicted octanol–water partition coefficient (Wildman–Crippen LogP) is 3.93. The first kappa shape index (κ1) is 16.5. The number of nitrogens with one attached hydrogen (secondary N) is 2. The summed E-state index contributed by atoms with van der Waals surface area (Å²) in [5.74, 6) is 0. The van der Waals surface area contributed by atoms with Crippen LogP contribution in [-0.4, -0.2) is 14.8 Å². The number of hydrogen-bond donors (Lipinski definition) is 2. The highest BCUT2D eigenvalue weighted by atomic mass is 35.5. The van der Waals surface area contributed by atoms with Crippen molar-refractivity contribution in [3.63, 3.8) is 0 Å². The quantitative estimate of drug-likeness (QED) is 0.649. The number of halogens is 1. The molecule has 0 saturated heterocycles. The van der Waals surface area contributed by atoms with Gasteiger partial charge in [-0.25, -0.2) is 9.66 Å². The van der Waals surface area contributed by atoms with Crippen LogP contribution in [0.4, 0.5) is 5.69 Å². The summed E-state index contributed by atoms with van der Waals surface area (Å²) in [4.78, 5) is 19.4. The molecule has 1 aliphatic rings. The van der Waals surface area contributed by atoms with Gasteiger partial charge in [0.15, 0.2) is 5.11 Å². The van der Waals surface area contributed by atoms with Crippen molar-refractivity contribution < 1.29 is 0 Å². The molecule has 2 heterocycles. The topological polar surface area (TPSA) is 59.0 Å². The van der Waals surface area contributed by atoms with Crippen molar-refractivity contribution in [3.05, 3.63) is 56.4 Å². The molecule has 2 N–H and O–H groups in total. The lowest BCUT2D eigenvalue weighted by Gasteiger charge is -2.13. The third kappa shape index (κ3) is 3.27. The van der Waals surface area contributed by atoms with Gasteiger partial charge in [-0.2, -0.15) is 0 Å². The second-order valence-corrected chi connectivity index (χ2v) is 7.82. The van der Waals surface area contributed by atoms with E-state index in [0.29, 0.717) is 10.1 Å². The third-order valence-corrected chi connectivity index (χ3v) is 5.81. The maximum absolute atomic E-state index is 12.9. The molecule has 3 aromatic rings. The van der Waals surface area contributed by atoms with Gasteiger partial charge in [0.1, 0.15) is 11.2 Å². The van der Waals surface area contributed by atoms with Crippen molar-refractivity contribution in [1.82, 2.24) is 9.66 Å². The van der Waals surface area contributed by atoms with Crippen LogP contribution >= 0.6 is 35.2 Å². The van der Waals surface area contributed by atoms with Gasteiger partial charge in [0.2, 0.25) is 0 Å². The zero-order valence-electron chi connectivity index (χ0n) is 13.2. The summed E-state index contributed by atoms with van der Waals surface area (Å²) in [5.41, 5.74) is 4.69. The zero-order chi connectivity index (χ0) is 17.4. The second-order valence-electron chi connectivity index (χ2n) is 5.89. The van der Waals surface area contributed by atoms with E-state index in [1.165, 1.54) is 22.3 Å². The number of fused-ring (bicyclic) bond motifs is 3. The Kier molecular flexibility index (Phi) is 4.45. The number of aryl methyl sites for hydroxylation is 2. The summed E-state index contributed by atoms with van der Waals surface area (Å²) >= 11 is 12.9. The van der Waals surface area contributed by atoms with Crippen LogP contribution in [0.15, 0.2) is 35.4 Å². The van der Waals surface area contributed by atoms with Crippen LogP contribution in [0.25, 0.3) is 10.2 Å². The predicted molar refractivity (Wildman–Crippen MR) is 108 cm³/mol. The van der Waals surface area contributed by atoms with E-state index in [9.17, 15) is 4.79 Å². The van der Waals surface area contributed by atoms with Crippen molar-refractivity contribution in [1.29, 1.82) is 0 Å². The molecule has 0 saturated carbocycles. The molecule has 8 heteroatoms. The molecule has 0 atom stereocenters. The minimum Gasteiger partial charge on any atom is -0.331 e. The van der Waals surface area contributed by atoms with E-state index in [4.69, 9.17) is 23.8 Å². The van der Waals surface area contributed by atoms with Gasteiger partial charge in [0.25, 0.3) is 5.56 Å². The largest absolute Gasteiger partial charge is 0.331 e. The lowest BCUT2D eigenvalue weighted by molar-refractivity contribution is 0.699. The second kappa shape index (κ2) is 6.74. The summed E-state index contributed by atoms with van der Waals surface area (Å²) in [6.45, 7) is 0. The molecule has 25 heavy (non-hydrogen) atoms. The minimum atomic E-state index is -0.111. The van der Waals surface area contributed by atoms with Crippen molar-refractivity contribution in [3.8, 4) is 0 Å². The fourth-order valence-corrected chi connectivity index (χ4v) is 4.69. The van der Waals surface area contributed by atoms with E-state index in [0.717, 1.165) is 40.7 Å². The Morgan fingerprint density at radius 3 is 3.00 bits per heavy atom. The van der Waals surface area contributed by atoms with E-state index >= 15 is 0 Å². The third-order valence-electron chi connectivity index (χ3n) is 4.18. The fourth-order valence-electron chi connectivity index (χ4n) is 3.06. The van der Waals surface area contributed by atoms with Gasteiger partial charge in [-0.3, -0.25) is 10.2 Å². The highest BCUT2D eigenvalue weighted by molar-refractivity contribution is 7.80. The summed E-state index contributed by atoms with van der Waals surface area (Å²) < 4.78 is 1.34. The average Bonchev–Trinajstić information content (AvgIpc) is 2.96. The van der Waals surface area contributed by atoms with Crippen LogP contribution < -0.4 is 16.3 Å². The Balaban J connectivity index is 1.62. The van der Waals surface area contributed by atoms with Crippen LogP contribution in [-0.2, 0) is 12.8 Å². The van der Waals surface area contributed by atoms with Crippen molar-refractivity contribution in [2.24, 2.45) is 0 Å². The average molecular weight is 391 g/mol. The van der Waals surface area contributed by atoms with Gasteiger partial charge in [-0.1, -0.05) is 17.7 Å². The summed E-state index contributed by atoms with van der Waals surface area (Å²) in [7, 11) is 0. The van der Waals surface area contributed by atoms with Crippen LogP contribution in [0.2, 0.25) is 5.02 Å². The molecular formula is C17H15ClN4OS2. The van der Waals surface area contributed by atoms with Gasteiger partial charge in [-0.15, -0.1) is 11.3 Å². The maximum Gasteiger partial charge on any atom is 0.281 e. The number of thiocarbonyl (C=S) groups is 1. The SMILES string of the molecule is O=c1c2c3c(sc2ncn1NC(=S)Nc1cccc(Cl)c1)CCCC3. The summed E-state index contributed by atoms with van der Waals surface area (Å²) in [6, 6.07) is 7.21. The Hall–Kier alpha value is -1.96. The molecule has 128 valence electrons. The molecule has 0 amide bonds. The van der Waals surface area contributed by atoms with Gasteiger partial charge in [0.05, 0.1) is 5.39 Å². The van der Waals surface area contributed by atoms with Crippen LogP contribution in [0.5, 0.6) is 0 Å². The molecule has 1 aliphatic carbocycles. The molecule has 1 aromatic carbocycles. The number of nitrogens with zero attached hydrogens (tertiary/aromatic N) is 2. The zero-order valence-corrected chi connectivity index (χ0v) is 15.6. The van der Waals surface area contributed by atoms with Gasteiger partial charge in [-0.05, 0) is 61.7 Å². The van der Waals surface area contributed by atoms with Gasteiger partial charge in [0, 0.05) is 15.6 Å². The maximum atomic E-state index is 12.9. The Labute approximate surface area is 158 Å². The van der Waals surface area contributed by atoms with Crippen molar-refractivity contribution in [2.45, 2.75) is 25.7 Å². The number of thiophene rings is 1. The first-order chi connectivity index (χ1) is 12.1. The Morgan fingerprint density at radius 1 is 1.32 bits per heavy atom. The Morgan fingerprint density at radius 2 is 2.16 bits per heavy atom. The molecular weight excluding hydrogens is 376 g/mol. The molecule has 0 aliphatic heterocycles. The van der Waals surface area contributed by atoms with Crippen LogP contribution in [0.1, 0.15) is 23.3 Å². The van der Waals surface area contributed by atoms with Crippen molar-refractivity contribution >= 4 is 56.2 Å². The molecule has 2 aromatic heterocycles. The fraction of sp³-hybridized carbons (Fsp3) is 0.235. The van der Waals surface area contributed by atoms with E-state index in [1.807, 2.05) is 12.1 Å². The first-order valence-electron chi connectivity index (χ1n) is 7.97. The molecule has 0 radical (unpaired) electrons. The number of aromatic nitrogens is 2. The highest BCUT2D eigenvalue weighted by Gasteiger charge is 2.20. The van der Waals surface area contributed by atoms with E-state index in [1.54, 1.807) is 23.5 Å². The van der Waals surface area contributed by atoms with Gasteiger partial charge < -0.3 is 5.32 Å². The molecule has 0 fully saturated rings. The van der Waals surface area contributed by atoms with E-state index in [2.05, 4.69) is 15.7 Å². The number of anilines is 1. The van der Waals surface area contributed by atoms with Gasteiger partial charge >= 0.3 is 0 Å². The Bertz CT molecular complexity index is 1030. The highest BCUT2D eigenvalue weighted by Crippen LogP contribution is 2.33. The lowest BCUT2D eigenvalue weighted by atomic mass is 9.97. The number of rotatable bonds is 2. The smallest absolute Gasteiger partial charge is 0.281 e. The van der Waals surface area contributed by atoms with E-state index < -0.39 is 0 Å². The van der Waals surface area contributed by atoms with Crippen molar-refractivity contribution in [2.75, 3.05) is 10.7 Å². The molecule has 4 rings (SSSR count). The first-order valence-corrected chi connectivity index (χ1v) is 9.57.